The summed E-state index contributed by atoms with van der Waals surface area (Å²) in [4.78, 5) is 13.5. The number of aliphatic carboxylic acids is 1. The fraction of sp³-hybridized carbons (Fsp3) is 0.286. The number of halogens is 1. The average molecular weight is 369 g/mol. The molecule has 2 heterocycles. The second-order valence-corrected chi connectivity index (χ2v) is 7.67. The molecule has 1 atom stereocenters. The Labute approximate surface area is 155 Å². The lowest BCUT2D eigenvalue weighted by Gasteiger charge is -2.37. The molecule has 0 saturated carbocycles. The second kappa shape index (κ2) is 7.17. The van der Waals surface area contributed by atoms with Crippen molar-refractivity contribution in [2.75, 3.05) is 13.1 Å². The number of rotatable bonds is 4. The van der Waals surface area contributed by atoms with Gasteiger partial charge >= 0.3 is 5.97 Å². The van der Waals surface area contributed by atoms with E-state index in [4.69, 9.17) is 0 Å². The summed E-state index contributed by atoms with van der Waals surface area (Å²) in [7, 11) is 0. The van der Waals surface area contributed by atoms with E-state index in [1.54, 1.807) is 17.4 Å². The normalized spacial score (nSPS) is 17.4. The fourth-order valence-electron chi connectivity index (χ4n) is 3.87. The minimum atomic E-state index is -0.729. The van der Waals surface area contributed by atoms with E-state index in [2.05, 4.69) is 22.4 Å². The molecule has 1 aromatic heterocycles. The van der Waals surface area contributed by atoms with E-state index in [0.717, 1.165) is 10.9 Å². The number of hydrogen-bond acceptors (Lipinski definition) is 3. The Morgan fingerprint density at radius 3 is 2.50 bits per heavy atom. The molecule has 0 bridgehead atoms. The van der Waals surface area contributed by atoms with Gasteiger partial charge < -0.3 is 5.11 Å². The third kappa shape index (κ3) is 3.13. The predicted molar refractivity (Wildman–Crippen MR) is 102 cm³/mol. The van der Waals surface area contributed by atoms with E-state index in [1.165, 1.54) is 10.8 Å². The highest BCUT2D eigenvalue weighted by molar-refractivity contribution is 7.17. The minimum absolute atomic E-state index is 0.193. The van der Waals surface area contributed by atoms with Gasteiger partial charge in [0.15, 0.2) is 0 Å². The first-order valence-electron chi connectivity index (χ1n) is 8.82. The lowest BCUT2D eigenvalue weighted by molar-refractivity contribution is -0.143. The van der Waals surface area contributed by atoms with Crippen LogP contribution in [0.25, 0.3) is 10.1 Å². The molecular weight excluding hydrogens is 349 g/mol. The highest BCUT2D eigenvalue weighted by atomic mass is 32.1. The van der Waals surface area contributed by atoms with Gasteiger partial charge in [-0.05, 0) is 54.4 Å². The fourth-order valence-corrected chi connectivity index (χ4v) is 4.85. The van der Waals surface area contributed by atoms with Crippen molar-refractivity contribution in [1.29, 1.82) is 0 Å². The van der Waals surface area contributed by atoms with Crippen LogP contribution in [0.3, 0.4) is 0 Å². The van der Waals surface area contributed by atoms with Gasteiger partial charge in [-0.3, -0.25) is 9.69 Å². The van der Waals surface area contributed by atoms with E-state index in [-0.39, 0.29) is 17.8 Å². The molecule has 1 saturated heterocycles. The van der Waals surface area contributed by atoms with E-state index in [0.29, 0.717) is 31.5 Å². The van der Waals surface area contributed by atoms with E-state index < -0.39 is 5.97 Å². The maximum atomic E-state index is 14.7. The molecule has 3 aromatic rings. The second-order valence-electron chi connectivity index (χ2n) is 6.76. The molecule has 0 spiro atoms. The van der Waals surface area contributed by atoms with Crippen LogP contribution in [-0.2, 0) is 4.79 Å². The zero-order chi connectivity index (χ0) is 18.1. The molecule has 5 heteroatoms. The molecular formula is C21H20FNO2S. The molecule has 0 aliphatic carbocycles. The summed E-state index contributed by atoms with van der Waals surface area (Å²) in [6.45, 7) is 1.31. The molecule has 1 unspecified atom stereocenters. The van der Waals surface area contributed by atoms with Gasteiger partial charge in [0.25, 0.3) is 0 Å². The summed E-state index contributed by atoms with van der Waals surface area (Å²) in [6, 6.07) is 14.9. The van der Waals surface area contributed by atoms with Crippen molar-refractivity contribution >= 4 is 27.4 Å². The van der Waals surface area contributed by atoms with Gasteiger partial charge in [-0.25, -0.2) is 4.39 Å². The lowest BCUT2D eigenvalue weighted by Crippen LogP contribution is -2.39. The van der Waals surface area contributed by atoms with Gasteiger partial charge in [0.2, 0.25) is 0 Å². The van der Waals surface area contributed by atoms with Gasteiger partial charge in [0.1, 0.15) is 5.82 Å². The van der Waals surface area contributed by atoms with Crippen molar-refractivity contribution in [3.05, 3.63) is 70.9 Å². The Balaban J connectivity index is 1.76. The first-order chi connectivity index (χ1) is 12.6. The Hall–Kier alpha value is -2.24. The molecule has 2 aromatic carbocycles. The van der Waals surface area contributed by atoms with Crippen molar-refractivity contribution in [2.24, 2.45) is 5.92 Å². The Bertz CT molecular complexity index is 930. The number of carboxylic acid groups (broad SMARTS) is 1. The van der Waals surface area contributed by atoms with Crippen LogP contribution in [0.1, 0.15) is 30.0 Å². The third-order valence-electron chi connectivity index (χ3n) is 5.25. The van der Waals surface area contributed by atoms with Crippen LogP contribution >= 0.6 is 11.3 Å². The van der Waals surface area contributed by atoms with Crippen molar-refractivity contribution in [1.82, 2.24) is 4.90 Å². The van der Waals surface area contributed by atoms with E-state index >= 15 is 0 Å². The number of carboxylic acids is 1. The SMILES string of the molecule is O=C(O)C1CCN(C(c2ccccc2F)c2csc3ccccc23)CC1. The predicted octanol–water partition coefficient (Wildman–Crippen LogP) is 4.93. The van der Waals surface area contributed by atoms with Crippen LogP contribution in [0.2, 0.25) is 0 Å². The summed E-state index contributed by atoms with van der Waals surface area (Å²) in [5.41, 5.74) is 1.76. The van der Waals surface area contributed by atoms with Crippen LogP contribution in [0.4, 0.5) is 4.39 Å². The van der Waals surface area contributed by atoms with Gasteiger partial charge in [0, 0.05) is 10.3 Å². The van der Waals surface area contributed by atoms with Crippen molar-refractivity contribution in [3.8, 4) is 0 Å². The molecule has 1 aliphatic rings. The Kier molecular flexibility index (Phi) is 4.74. The molecule has 0 radical (unpaired) electrons. The first kappa shape index (κ1) is 17.2. The summed E-state index contributed by atoms with van der Waals surface area (Å²) < 4.78 is 15.9. The van der Waals surface area contributed by atoms with Crippen LogP contribution in [-0.4, -0.2) is 29.1 Å². The zero-order valence-electron chi connectivity index (χ0n) is 14.3. The first-order valence-corrected chi connectivity index (χ1v) is 9.70. The van der Waals surface area contributed by atoms with Gasteiger partial charge in [0.05, 0.1) is 12.0 Å². The molecule has 1 fully saturated rings. The average Bonchev–Trinajstić information content (AvgIpc) is 3.08. The van der Waals surface area contributed by atoms with Crippen molar-refractivity contribution in [3.63, 3.8) is 0 Å². The van der Waals surface area contributed by atoms with Gasteiger partial charge in [-0.1, -0.05) is 36.4 Å². The summed E-state index contributed by atoms with van der Waals surface area (Å²) >= 11 is 1.67. The molecule has 26 heavy (non-hydrogen) atoms. The molecule has 0 amide bonds. The van der Waals surface area contributed by atoms with Crippen LogP contribution < -0.4 is 0 Å². The molecule has 1 aliphatic heterocycles. The largest absolute Gasteiger partial charge is 0.481 e. The minimum Gasteiger partial charge on any atom is -0.481 e. The molecule has 134 valence electrons. The summed E-state index contributed by atoms with van der Waals surface area (Å²) in [5.74, 6) is -1.24. The number of piperidine rings is 1. The Morgan fingerprint density at radius 1 is 1.08 bits per heavy atom. The summed E-state index contributed by atoms with van der Waals surface area (Å²) in [6.07, 6.45) is 1.20. The quantitative estimate of drug-likeness (QED) is 0.709. The number of hydrogen-bond donors (Lipinski definition) is 1. The monoisotopic (exact) mass is 369 g/mol. The van der Waals surface area contributed by atoms with Crippen LogP contribution in [0.15, 0.2) is 53.9 Å². The molecule has 1 N–H and O–H groups in total. The van der Waals surface area contributed by atoms with Crippen LogP contribution in [0, 0.1) is 11.7 Å². The summed E-state index contributed by atoms with van der Waals surface area (Å²) in [5, 5.41) is 12.5. The van der Waals surface area contributed by atoms with E-state index in [1.807, 2.05) is 24.3 Å². The maximum Gasteiger partial charge on any atom is 0.306 e. The molecule has 4 rings (SSSR count). The Morgan fingerprint density at radius 2 is 1.77 bits per heavy atom. The smallest absolute Gasteiger partial charge is 0.306 e. The highest BCUT2D eigenvalue weighted by Gasteiger charge is 2.32. The van der Waals surface area contributed by atoms with Crippen molar-refractivity contribution in [2.45, 2.75) is 18.9 Å². The number of nitrogens with zero attached hydrogens (tertiary/aromatic N) is 1. The third-order valence-corrected chi connectivity index (χ3v) is 6.23. The number of likely N-dealkylation sites (tertiary alicyclic amines) is 1. The number of fused-ring (bicyclic) bond motifs is 1. The van der Waals surface area contributed by atoms with Crippen molar-refractivity contribution < 1.29 is 14.3 Å². The number of benzene rings is 2. The maximum absolute atomic E-state index is 14.7. The van der Waals surface area contributed by atoms with E-state index in [9.17, 15) is 14.3 Å². The zero-order valence-corrected chi connectivity index (χ0v) is 15.1. The molecule has 3 nitrogen and oxygen atoms in total. The lowest BCUT2D eigenvalue weighted by atomic mass is 9.91. The van der Waals surface area contributed by atoms with Gasteiger partial charge in [-0.2, -0.15) is 0 Å². The number of carbonyl (C=O) groups is 1. The van der Waals surface area contributed by atoms with Gasteiger partial charge in [-0.15, -0.1) is 11.3 Å². The topological polar surface area (TPSA) is 40.5 Å². The standard InChI is InChI=1S/C21H20FNO2S/c22-18-7-3-1-6-16(18)20(23-11-9-14(10-12-23)21(24)25)17-13-26-19-8-4-2-5-15(17)19/h1-8,13-14,20H,9-12H2,(H,24,25). The number of thiophene rings is 1. The van der Waals surface area contributed by atoms with Crippen LogP contribution in [0.5, 0.6) is 0 Å². The highest BCUT2D eigenvalue weighted by Crippen LogP contribution is 2.39.